The van der Waals surface area contributed by atoms with Crippen LogP contribution in [0.2, 0.25) is 0 Å². The van der Waals surface area contributed by atoms with Crippen molar-refractivity contribution in [3.8, 4) is 0 Å². The molecule has 2 aromatic heterocycles. The Morgan fingerprint density at radius 1 is 1.13 bits per heavy atom. The molecular formula is C25H31N3O3. The van der Waals surface area contributed by atoms with Gasteiger partial charge in [-0.1, -0.05) is 18.9 Å². The first kappa shape index (κ1) is 19.3. The molecule has 1 amide bonds. The van der Waals surface area contributed by atoms with E-state index in [9.17, 15) is 14.7 Å². The first-order chi connectivity index (χ1) is 15.0. The molecule has 31 heavy (non-hydrogen) atoms. The third-order valence-corrected chi connectivity index (χ3v) is 8.45. The molecule has 164 valence electrons. The maximum absolute atomic E-state index is 13.2. The minimum atomic E-state index is -0.830. The quantitative estimate of drug-likeness (QED) is 0.700. The number of nitrogens with one attached hydrogen (secondary N) is 1. The number of rotatable bonds is 7. The fourth-order valence-corrected chi connectivity index (χ4v) is 7.28. The van der Waals surface area contributed by atoms with Crippen LogP contribution in [0.3, 0.4) is 0 Å². The summed E-state index contributed by atoms with van der Waals surface area (Å²) in [6, 6.07) is 5.49. The molecule has 0 aliphatic heterocycles. The van der Waals surface area contributed by atoms with Crippen molar-refractivity contribution < 1.29 is 14.7 Å². The molecule has 5 aliphatic carbocycles. The molecule has 5 saturated carbocycles. The van der Waals surface area contributed by atoms with Gasteiger partial charge in [0.05, 0.1) is 5.69 Å². The zero-order valence-corrected chi connectivity index (χ0v) is 17.9. The number of imidazole rings is 1. The van der Waals surface area contributed by atoms with E-state index in [1.165, 1.54) is 38.5 Å². The smallest absolute Gasteiger partial charge is 0.312 e. The van der Waals surface area contributed by atoms with Crippen molar-refractivity contribution >= 4 is 17.5 Å². The number of hydrogen-bond donors (Lipinski definition) is 2. The molecule has 6 heteroatoms. The molecule has 7 rings (SSSR count). The number of pyridine rings is 1. The maximum Gasteiger partial charge on any atom is 0.312 e. The van der Waals surface area contributed by atoms with Gasteiger partial charge < -0.3 is 10.4 Å². The molecule has 0 aromatic carbocycles. The molecular weight excluding hydrogens is 390 g/mol. The summed E-state index contributed by atoms with van der Waals surface area (Å²) < 4.78 is 1.77. The lowest BCUT2D eigenvalue weighted by Crippen LogP contribution is -2.51. The third kappa shape index (κ3) is 3.54. The van der Waals surface area contributed by atoms with Crippen molar-refractivity contribution in [1.82, 2.24) is 14.7 Å². The molecule has 4 bridgehead atoms. The molecule has 2 heterocycles. The molecule has 6 nitrogen and oxygen atoms in total. The third-order valence-electron chi connectivity index (χ3n) is 8.45. The summed E-state index contributed by atoms with van der Waals surface area (Å²) in [6.07, 6.45) is 12.6. The Balaban J connectivity index is 1.22. The Morgan fingerprint density at radius 3 is 2.42 bits per heavy atom. The topological polar surface area (TPSA) is 83.7 Å². The molecule has 0 spiro atoms. The molecule has 2 aromatic rings. The first-order valence-electron chi connectivity index (χ1n) is 12.0. The summed E-state index contributed by atoms with van der Waals surface area (Å²) in [7, 11) is 0. The SMILES string of the molecule is O=C(NCC12CC3CC(CC(C3)C1)C2)c1cccc2nc(C(CC3CC3)C(=O)O)cn12. The van der Waals surface area contributed by atoms with E-state index in [0.717, 1.165) is 37.1 Å². The van der Waals surface area contributed by atoms with Gasteiger partial charge in [-0.3, -0.25) is 14.0 Å². The average molecular weight is 422 g/mol. The van der Waals surface area contributed by atoms with Crippen molar-refractivity contribution in [3.63, 3.8) is 0 Å². The largest absolute Gasteiger partial charge is 0.481 e. The highest BCUT2D eigenvalue weighted by Gasteiger charge is 2.50. The number of nitrogens with zero attached hydrogens (tertiary/aromatic N) is 2. The lowest BCUT2D eigenvalue weighted by atomic mass is 9.49. The number of amides is 1. The van der Waals surface area contributed by atoms with Crippen LogP contribution in [-0.2, 0) is 4.79 Å². The van der Waals surface area contributed by atoms with Gasteiger partial charge in [-0.25, -0.2) is 4.98 Å². The summed E-state index contributed by atoms with van der Waals surface area (Å²) in [5.74, 6) is 1.57. The van der Waals surface area contributed by atoms with Gasteiger partial charge in [-0.15, -0.1) is 0 Å². The predicted molar refractivity (Wildman–Crippen MR) is 116 cm³/mol. The van der Waals surface area contributed by atoms with Crippen LogP contribution >= 0.6 is 0 Å². The van der Waals surface area contributed by atoms with Crippen LogP contribution in [0, 0.1) is 29.1 Å². The van der Waals surface area contributed by atoms with Crippen LogP contribution < -0.4 is 5.32 Å². The van der Waals surface area contributed by atoms with Crippen molar-refractivity contribution in [3.05, 3.63) is 35.8 Å². The van der Waals surface area contributed by atoms with E-state index >= 15 is 0 Å². The van der Waals surface area contributed by atoms with Crippen LogP contribution in [0.4, 0.5) is 0 Å². The van der Waals surface area contributed by atoms with Crippen molar-refractivity contribution in [2.45, 2.75) is 63.7 Å². The summed E-state index contributed by atoms with van der Waals surface area (Å²) in [5.41, 5.74) is 2.02. The predicted octanol–water partition coefficient (Wildman–Crippen LogP) is 4.25. The fraction of sp³-hybridized carbons (Fsp3) is 0.640. The molecule has 5 fully saturated rings. The van der Waals surface area contributed by atoms with E-state index in [-0.39, 0.29) is 11.3 Å². The Hall–Kier alpha value is -2.37. The van der Waals surface area contributed by atoms with Gasteiger partial charge in [0.25, 0.3) is 5.91 Å². The number of hydrogen-bond acceptors (Lipinski definition) is 3. The summed E-state index contributed by atoms with van der Waals surface area (Å²) in [5, 5.41) is 13.0. The molecule has 2 N–H and O–H groups in total. The van der Waals surface area contributed by atoms with E-state index in [1.54, 1.807) is 10.6 Å². The Kier molecular flexibility index (Phi) is 4.41. The lowest BCUT2D eigenvalue weighted by molar-refractivity contribution is -0.139. The minimum absolute atomic E-state index is 0.0839. The molecule has 1 unspecified atom stereocenters. The number of carbonyl (C=O) groups is 2. The van der Waals surface area contributed by atoms with Crippen LogP contribution in [0.5, 0.6) is 0 Å². The molecule has 5 aliphatic rings. The summed E-state index contributed by atoms with van der Waals surface area (Å²) >= 11 is 0. The van der Waals surface area contributed by atoms with Crippen LogP contribution in [0.25, 0.3) is 5.65 Å². The highest BCUT2D eigenvalue weighted by molar-refractivity contribution is 5.93. The molecule has 0 radical (unpaired) electrons. The first-order valence-corrected chi connectivity index (χ1v) is 12.0. The Labute approximate surface area is 182 Å². The van der Waals surface area contributed by atoms with Crippen LogP contribution in [-0.4, -0.2) is 32.9 Å². The number of carbonyl (C=O) groups excluding carboxylic acids is 1. The second-order valence-corrected chi connectivity index (χ2v) is 11.0. The van der Waals surface area contributed by atoms with Gasteiger partial charge in [0.2, 0.25) is 0 Å². The zero-order chi connectivity index (χ0) is 21.2. The normalized spacial score (nSPS) is 32.3. The van der Waals surface area contributed by atoms with E-state index in [0.29, 0.717) is 29.4 Å². The van der Waals surface area contributed by atoms with Gasteiger partial charge in [-0.05, 0) is 86.2 Å². The number of aromatic nitrogens is 2. The fourth-order valence-electron chi connectivity index (χ4n) is 7.28. The van der Waals surface area contributed by atoms with E-state index in [4.69, 9.17) is 0 Å². The maximum atomic E-state index is 13.2. The molecule has 0 saturated heterocycles. The monoisotopic (exact) mass is 421 g/mol. The van der Waals surface area contributed by atoms with Crippen LogP contribution in [0.1, 0.15) is 79.9 Å². The standard InChI is InChI=1S/C25H31N3O3/c29-23(26-14-25-10-16-6-17(11-25)8-18(7-16)12-25)21-2-1-3-22-27-20(13-28(21)22)19(24(30)31)9-15-4-5-15/h1-3,13,15-19H,4-12,14H2,(H,26,29)(H,30,31). The minimum Gasteiger partial charge on any atom is -0.481 e. The van der Waals surface area contributed by atoms with Crippen molar-refractivity contribution in [2.75, 3.05) is 6.54 Å². The number of carboxylic acid groups (broad SMARTS) is 1. The van der Waals surface area contributed by atoms with Crippen LogP contribution in [0.15, 0.2) is 24.4 Å². The zero-order valence-electron chi connectivity index (χ0n) is 17.9. The second kappa shape index (κ2) is 7.07. The van der Waals surface area contributed by atoms with E-state index in [1.807, 2.05) is 18.2 Å². The summed E-state index contributed by atoms with van der Waals surface area (Å²) in [4.78, 5) is 29.6. The average Bonchev–Trinajstić information content (AvgIpc) is 3.44. The van der Waals surface area contributed by atoms with E-state index in [2.05, 4.69) is 10.3 Å². The highest BCUT2D eigenvalue weighted by Crippen LogP contribution is 2.59. The molecule has 1 atom stereocenters. The second-order valence-electron chi connectivity index (χ2n) is 11.0. The van der Waals surface area contributed by atoms with Crippen molar-refractivity contribution in [2.24, 2.45) is 29.1 Å². The lowest BCUT2D eigenvalue weighted by Gasteiger charge is -2.56. The van der Waals surface area contributed by atoms with Gasteiger partial charge in [-0.2, -0.15) is 0 Å². The summed E-state index contributed by atoms with van der Waals surface area (Å²) in [6.45, 7) is 0.757. The van der Waals surface area contributed by atoms with Gasteiger partial charge in [0.1, 0.15) is 17.3 Å². The number of fused-ring (bicyclic) bond motifs is 1. The van der Waals surface area contributed by atoms with Crippen molar-refractivity contribution in [1.29, 1.82) is 0 Å². The Morgan fingerprint density at radius 2 is 1.81 bits per heavy atom. The number of aliphatic carboxylic acids is 1. The van der Waals surface area contributed by atoms with Gasteiger partial charge >= 0.3 is 5.97 Å². The number of carboxylic acids is 1. The Bertz CT molecular complexity index is 1000. The van der Waals surface area contributed by atoms with Gasteiger partial charge in [0.15, 0.2) is 0 Å². The van der Waals surface area contributed by atoms with E-state index < -0.39 is 11.9 Å². The highest BCUT2D eigenvalue weighted by atomic mass is 16.4. The van der Waals surface area contributed by atoms with Gasteiger partial charge in [0, 0.05) is 12.7 Å².